The summed E-state index contributed by atoms with van der Waals surface area (Å²) in [6.45, 7) is 2.28. The lowest BCUT2D eigenvalue weighted by Crippen LogP contribution is -2.24. The van der Waals surface area contributed by atoms with E-state index in [0.29, 0.717) is 0 Å². The van der Waals surface area contributed by atoms with Crippen LogP contribution in [0.5, 0.6) is 0 Å². The molecule has 1 rings (SSSR count). The first-order valence-corrected chi connectivity index (χ1v) is 3.77. The topological polar surface area (TPSA) is 0 Å². The monoisotopic (exact) mass is 116 g/mol. The molecule has 1 saturated carbocycles. The standard InChI is InChI=1S/C6H13P/c1-2-5-3-4-6(5)7/h5-6H,2-4,7H2,1H3. The van der Waals surface area contributed by atoms with Crippen molar-refractivity contribution in [3.63, 3.8) is 0 Å². The molecular weight excluding hydrogens is 103 g/mol. The maximum atomic E-state index is 2.90. The molecule has 3 atom stereocenters. The Balaban J connectivity index is 2.16. The van der Waals surface area contributed by atoms with Crippen LogP contribution in [0.15, 0.2) is 0 Å². The Morgan fingerprint density at radius 1 is 1.57 bits per heavy atom. The van der Waals surface area contributed by atoms with E-state index in [2.05, 4.69) is 16.2 Å². The fourth-order valence-electron chi connectivity index (χ4n) is 1.10. The summed E-state index contributed by atoms with van der Waals surface area (Å²) in [5.74, 6) is 1.05. The van der Waals surface area contributed by atoms with Crippen molar-refractivity contribution < 1.29 is 0 Å². The van der Waals surface area contributed by atoms with Gasteiger partial charge in [-0.3, -0.25) is 0 Å². The van der Waals surface area contributed by atoms with Crippen LogP contribution < -0.4 is 0 Å². The molecule has 0 heterocycles. The number of rotatable bonds is 1. The highest BCUT2D eigenvalue weighted by molar-refractivity contribution is 7.17. The molecule has 1 aliphatic carbocycles. The van der Waals surface area contributed by atoms with Crippen molar-refractivity contribution in [2.75, 3.05) is 0 Å². The van der Waals surface area contributed by atoms with E-state index in [9.17, 15) is 0 Å². The molecule has 0 radical (unpaired) electrons. The van der Waals surface area contributed by atoms with Gasteiger partial charge in [-0.25, -0.2) is 0 Å². The molecule has 7 heavy (non-hydrogen) atoms. The van der Waals surface area contributed by atoms with Crippen molar-refractivity contribution in [1.29, 1.82) is 0 Å². The van der Waals surface area contributed by atoms with E-state index in [1.54, 1.807) is 0 Å². The lowest BCUT2D eigenvalue weighted by atomic mass is 9.83. The zero-order chi connectivity index (χ0) is 5.28. The van der Waals surface area contributed by atoms with Gasteiger partial charge in [0.25, 0.3) is 0 Å². The van der Waals surface area contributed by atoms with Gasteiger partial charge in [-0.1, -0.05) is 13.3 Å². The summed E-state index contributed by atoms with van der Waals surface area (Å²) in [4.78, 5) is 0. The summed E-state index contributed by atoms with van der Waals surface area (Å²) in [7, 11) is 2.90. The van der Waals surface area contributed by atoms with Gasteiger partial charge in [-0.05, 0) is 24.4 Å². The van der Waals surface area contributed by atoms with Crippen LogP contribution in [0.1, 0.15) is 26.2 Å². The minimum Gasteiger partial charge on any atom is -0.134 e. The second-order valence-electron chi connectivity index (χ2n) is 2.41. The van der Waals surface area contributed by atoms with Gasteiger partial charge in [-0.2, -0.15) is 0 Å². The molecule has 1 aliphatic rings. The molecule has 0 amide bonds. The third-order valence-corrected chi connectivity index (χ3v) is 2.88. The fourth-order valence-corrected chi connectivity index (χ4v) is 1.76. The van der Waals surface area contributed by atoms with Gasteiger partial charge in [0.2, 0.25) is 0 Å². The van der Waals surface area contributed by atoms with E-state index in [4.69, 9.17) is 0 Å². The third-order valence-electron chi connectivity index (χ3n) is 2.00. The van der Waals surface area contributed by atoms with E-state index in [-0.39, 0.29) is 0 Å². The summed E-state index contributed by atoms with van der Waals surface area (Å²) in [6.07, 6.45) is 4.31. The molecule has 42 valence electrons. The number of hydrogen-bond acceptors (Lipinski definition) is 0. The molecule has 0 aromatic carbocycles. The third kappa shape index (κ3) is 0.966. The van der Waals surface area contributed by atoms with Crippen molar-refractivity contribution in [2.45, 2.75) is 31.8 Å². The lowest BCUT2D eigenvalue weighted by Gasteiger charge is -2.32. The summed E-state index contributed by atoms with van der Waals surface area (Å²) in [6, 6.07) is 0. The second-order valence-corrected chi connectivity index (χ2v) is 3.27. The van der Waals surface area contributed by atoms with Crippen LogP contribution in [0.25, 0.3) is 0 Å². The SMILES string of the molecule is CCC1CCC1P. The molecule has 0 bridgehead atoms. The smallest absolute Gasteiger partial charge is 0.0236 e. The normalized spacial score (nSPS) is 40.3. The van der Waals surface area contributed by atoms with Crippen molar-refractivity contribution in [3.05, 3.63) is 0 Å². The molecule has 0 N–H and O–H groups in total. The Labute approximate surface area is 47.9 Å². The Kier molecular flexibility index (Phi) is 1.69. The molecule has 0 saturated heterocycles. The first-order chi connectivity index (χ1) is 3.34. The second kappa shape index (κ2) is 2.13. The molecule has 1 heteroatoms. The summed E-state index contributed by atoms with van der Waals surface area (Å²) < 4.78 is 0. The highest BCUT2D eigenvalue weighted by Crippen LogP contribution is 2.35. The fraction of sp³-hybridized carbons (Fsp3) is 1.00. The first-order valence-electron chi connectivity index (χ1n) is 3.10. The quantitative estimate of drug-likeness (QED) is 0.460. The molecule has 0 spiro atoms. The average molecular weight is 116 g/mol. The Hall–Kier alpha value is 0.430. The minimum absolute atomic E-state index is 0.963. The van der Waals surface area contributed by atoms with E-state index < -0.39 is 0 Å². The molecule has 0 aliphatic heterocycles. The van der Waals surface area contributed by atoms with Crippen molar-refractivity contribution in [1.82, 2.24) is 0 Å². The summed E-state index contributed by atoms with van der Waals surface area (Å²) in [5, 5.41) is 0. The van der Waals surface area contributed by atoms with Gasteiger partial charge in [0.15, 0.2) is 0 Å². The zero-order valence-electron chi connectivity index (χ0n) is 4.85. The van der Waals surface area contributed by atoms with Crippen LogP contribution in [0, 0.1) is 5.92 Å². The molecule has 0 aromatic rings. The van der Waals surface area contributed by atoms with Crippen LogP contribution in [-0.4, -0.2) is 5.66 Å². The molecule has 0 nitrogen and oxygen atoms in total. The van der Waals surface area contributed by atoms with Gasteiger partial charge in [0.05, 0.1) is 0 Å². The first kappa shape index (κ1) is 5.56. The average Bonchev–Trinajstić information content (AvgIpc) is 1.65. The van der Waals surface area contributed by atoms with Gasteiger partial charge < -0.3 is 0 Å². The van der Waals surface area contributed by atoms with E-state index in [1.165, 1.54) is 19.3 Å². The largest absolute Gasteiger partial charge is 0.134 e. The Morgan fingerprint density at radius 3 is 2.29 bits per heavy atom. The van der Waals surface area contributed by atoms with Gasteiger partial charge >= 0.3 is 0 Å². The van der Waals surface area contributed by atoms with Crippen molar-refractivity contribution in [3.8, 4) is 0 Å². The van der Waals surface area contributed by atoms with Crippen molar-refractivity contribution in [2.24, 2.45) is 5.92 Å². The van der Waals surface area contributed by atoms with Crippen LogP contribution in [0.4, 0.5) is 0 Å². The Bertz CT molecular complexity index is 59.2. The lowest BCUT2D eigenvalue weighted by molar-refractivity contribution is 0.321. The summed E-state index contributed by atoms with van der Waals surface area (Å²) >= 11 is 0. The molecule has 0 aromatic heterocycles. The molecular formula is C6H13P. The van der Waals surface area contributed by atoms with Gasteiger partial charge in [0, 0.05) is 0 Å². The minimum atomic E-state index is 0.963. The van der Waals surface area contributed by atoms with E-state index >= 15 is 0 Å². The molecule has 3 unspecified atom stereocenters. The van der Waals surface area contributed by atoms with Crippen molar-refractivity contribution >= 4 is 9.24 Å². The molecule has 1 fully saturated rings. The number of hydrogen-bond donors (Lipinski definition) is 0. The Morgan fingerprint density at radius 2 is 2.29 bits per heavy atom. The van der Waals surface area contributed by atoms with E-state index in [0.717, 1.165) is 11.6 Å². The summed E-state index contributed by atoms with van der Waals surface area (Å²) in [5.41, 5.74) is 0.963. The van der Waals surface area contributed by atoms with Gasteiger partial charge in [0.1, 0.15) is 0 Å². The van der Waals surface area contributed by atoms with Crippen LogP contribution >= 0.6 is 9.24 Å². The van der Waals surface area contributed by atoms with E-state index in [1.807, 2.05) is 0 Å². The van der Waals surface area contributed by atoms with Crippen LogP contribution in [-0.2, 0) is 0 Å². The highest BCUT2D eigenvalue weighted by atomic mass is 31.0. The maximum Gasteiger partial charge on any atom is -0.0236 e. The predicted octanol–water partition coefficient (Wildman–Crippen LogP) is 2.05. The van der Waals surface area contributed by atoms with Gasteiger partial charge in [-0.15, -0.1) is 9.24 Å². The van der Waals surface area contributed by atoms with Crippen LogP contribution in [0.3, 0.4) is 0 Å². The maximum absolute atomic E-state index is 2.90. The zero-order valence-corrected chi connectivity index (χ0v) is 6.01. The van der Waals surface area contributed by atoms with Crippen LogP contribution in [0.2, 0.25) is 0 Å². The predicted molar refractivity (Wildman–Crippen MR) is 36.5 cm³/mol. The highest BCUT2D eigenvalue weighted by Gasteiger charge is 2.24.